The first-order valence-corrected chi connectivity index (χ1v) is 30.0. The number of carbonyl (C=O) groups excluding carboxylic acids is 3. The molecule has 8 aliphatic rings. The van der Waals surface area contributed by atoms with E-state index in [4.69, 9.17) is 29.4 Å². The lowest BCUT2D eigenvalue weighted by atomic mass is 9.87. The van der Waals surface area contributed by atoms with Crippen LogP contribution in [0.25, 0.3) is 0 Å². The minimum atomic E-state index is -0.373. The van der Waals surface area contributed by atoms with Crippen molar-refractivity contribution < 1.29 is 28.2 Å². The van der Waals surface area contributed by atoms with Crippen LogP contribution >= 0.6 is 0 Å². The Balaban J connectivity index is 0.777. The molecule has 0 bridgehead atoms. The van der Waals surface area contributed by atoms with E-state index in [2.05, 4.69) is 68.0 Å². The fraction of sp³-hybridized carbons (Fsp3) is 0.540. The Labute approximate surface area is 485 Å². The lowest BCUT2D eigenvalue weighted by Crippen LogP contribution is -2.55. The number of methoxy groups -OCH3 is 1. The Kier molecular flexibility index (Phi) is 16.3. The summed E-state index contributed by atoms with van der Waals surface area (Å²) in [6.45, 7) is 15.0. The molecule has 0 N–H and O–H groups in total. The highest BCUT2D eigenvalue weighted by molar-refractivity contribution is 5.97. The van der Waals surface area contributed by atoms with Crippen LogP contribution in [0.4, 0.5) is 33.3 Å². The maximum absolute atomic E-state index is 14.8. The quantitative estimate of drug-likeness (QED) is 0.125. The molecule has 3 amide bonds. The zero-order valence-electron chi connectivity index (χ0n) is 47.8. The van der Waals surface area contributed by atoms with E-state index in [1.807, 2.05) is 0 Å². The van der Waals surface area contributed by atoms with Crippen LogP contribution in [0.2, 0.25) is 0 Å². The fourth-order valence-electron chi connectivity index (χ4n) is 14.7. The summed E-state index contributed by atoms with van der Waals surface area (Å²) in [5.41, 5.74) is 9.64. The summed E-state index contributed by atoms with van der Waals surface area (Å²) in [7, 11) is 1.76. The molecule has 8 heterocycles. The summed E-state index contributed by atoms with van der Waals surface area (Å²) in [4.78, 5) is 77.7. The molecule has 0 radical (unpaired) electrons. The summed E-state index contributed by atoms with van der Waals surface area (Å²) < 4.78 is 27.3. The van der Waals surface area contributed by atoms with Gasteiger partial charge in [-0.2, -0.15) is 25.5 Å². The molecule has 2 aromatic carbocycles. The molecule has 434 valence electrons. The van der Waals surface area contributed by atoms with Crippen LogP contribution in [0, 0.1) is 28.5 Å². The fourth-order valence-corrected chi connectivity index (χ4v) is 14.7. The third kappa shape index (κ3) is 11.2. The van der Waals surface area contributed by atoms with Crippen molar-refractivity contribution in [1.82, 2.24) is 34.6 Å². The van der Waals surface area contributed by atoms with Crippen molar-refractivity contribution in [3.05, 3.63) is 107 Å². The third-order valence-corrected chi connectivity index (χ3v) is 19.0. The molecule has 4 aromatic rings. The number of benzene rings is 2. The van der Waals surface area contributed by atoms with Crippen LogP contribution in [0.5, 0.6) is 6.01 Å². The molecule has 0 saturated carbocycles. The molecule has 6 aliphatic heterocycles. The predicted molar refractivity (Wildman–Crippen MR) is 313 cm³/mol. The Morgan fingerprint density at radius 3 is 2.10 bits per heavy atom. The Hall–Kier alpha value is -7.68. The Morgan fingerprint density at radius 1 is 0.699 bits per heavy atom. The van der Waals surface area contributed by atoms with Gasteiger partial charge in [-0.05, 0) is 118 Å². The molecule has 0 unspecified atom stereocenters. The van der Waals surface area contributed by atoms with E-state index in [0.717, 1.165) is 124 Å². The highest BCUT2D eigenvalue weighted by atomic mass is 19.1. The zero-order valence-corrected chi connectivity index (χ0v) is 47.8. The van der Waals surface area contributed by atoms with E-state index in [9.17, 15) is 29.3 Å². The first-order valence-electron chi connectivity index (χ1n) is 30.0. The van der Waals surface area contributed by atoms with Crippen LogP contribution in [0.15, 0.2) is 61.7 Å². The van der Waals surface area contributed by atoms with E-state index in [0.29, 0.717) is 83.7 Å². The number of carbonyl (C=O) groups is 3. The van der Waals surface area contributed by atoms with Crippen molar-refractivity contribution in [1.29, 1.82) is 10.5 Å². The summed E-state index contributed by atoms with van der Waals surface area (Å²) in [6, 6.07) is 15.9. The van der Waals surface area contributed by atoms with E-state index in [1.165, 1.54) is 46.7 Å². The number of nitriles is 2. The van der Waals surface area contributed by atoms with Crippen LogP contribution in [-0.2, 0) is 64.2 Å². The Bertz CT molecular complexity index is 3250. The summed E-state index contributed by atoms with van der Waals surface area (Å²) in [5.74, 6) is 1.64. The van der Waals surface area contributed by atoms with E-state index < -0.39 is 0 Å². The number of anilines is 5. The van der Waals surface area contributed by atoms with Gasteiger partial charge in [0.1, 0.15) is 24.1 Å². The standard InChI is InChI=1S/C63H75FN14O5/c1-4-57(79)76-31-29-72(37-46(76)21-24-65)60-51-18-16-44(34-53(51)67-62(69-60)74-28-23-49(39-74)82-3)75-27-8-11-50-42(9-6-12-55(50)75)36-71-26-7-10-48(71)40-83-63-68-54-35-45(78-56-33-43(64)15-13-41(56)14-20-59(78)81)17-19-52(54)61(70-63)73-30-32-77(58(80)5-2)47(38-73)22-25-66/h4-6,9,12-13,15,33,44-49H,1-2,7-8,10-11,14,16-23,26-32,34-40H2,3H3/t44-,45+,46+,47+,48+,49-/m1/s1. The number of aryl methyl sites for hydroxylation is 1. The summed E-state index contributed by atoms with van der Waals surface area (Å²) in [5, 5.41) is 19.7. The predicted octanol–water partition coefficient (Wildman–Crippen LogP) is 6.05. The average Bonchev–Trinajstić information content (AvgIpc) is 4.04. The lowest BCUT2D eigenvalue weighted by molar-refractivity contribution is -0.129. The van der Waals surface area contributed by atoms with Crippen molar-refractivity contribution in [2.75, 3.05) is 104 Å². The molecule has 20 heteroatoms. The van der Waals surface area contributed by atoms with E-state index >= 15 is 0 Å². The molecule has 2 aromatic heterocycles. The van der Waals surface area contributed by atoms with Crippen molar-refractivity contribution in [2.24, 2.45) is 0 Å². The van der Waals surface area contributed by atoms with E-state index in [1.54, 1.807) is 27.9 Å². The minimum Gasteiger partial charge on any atom is -0.462 e. The number of rotatable bonds is 15. The summed E-state index contributed by atoms with van der Waals surface area (Å²) in [6.07, 6.45) is 13.3. The molecule has 0 spiro atoms. The van der Waals surface area contributed by atoms with Crippen molar-refractivity contribution in [2.45, 2.75) is 139 Å². The first-order chi connectivity index (χ1) is 40.5. The molecule has 19 nitrogen and oxygen atoms in total. The van der Waals surface area contributed by atoms with Crippen LogP contribution in [-0.4, -0.2) is 168 Å². The number of aromatic nitrogens is 4. The maximum Gasteiger partial charge on any atom is 0.318 e. The van der Waals surface area contributed by atoms with Gasteiger partial charge >= 0.3 is 6.01 Å². The number of likely N-dealkylation sites (tertiary alicyclic amines) is 1. The number of ether oxygens (including phenoxy) is 2. The number of piperazine rings is 2. The number of fused-ring (bicyclic) bond motifs is 4. The van der Waals surface area contributed by atoms with Gasteiger partial charge in [-0.3, -0.25) is 19.3 Å². The second-order valence-corrected chi connectivity index (χ2v) is 23.6. The van der Waals surface area contributed by atoms with Gasteiger partial charge in [-0.1, -0.05) is 31.4 Å². The molecule has 2 aliphatic carbocycles. The van der Waals surface area contributed by atoms with Gasteiger partial charge in [-0.25, -0.2) is 9.37 Å². The number of hydrogen-bond acceptors (Lipinski definition) is 16. The molecular formula is C63H75FN14O5. The van der Waals surface area contributed by atoms with Gasteiger partial charge in [-0.15, -0.1) is 0 Å². The molecular weight excluding hydrogens is 1050 g/mol. The lowest BCUT2D eigenvalue weighted by Gasteiger charge is -2.43. The third-order valence-electron chi connectivity index (χ3n) is 19.0. The molecule has 4 fully saturated rings. The smallest absolute Gasteiger partial charge is 0.318 e. The zero-order chi connectivity index (χ0) is 57.3. The van der Waals surface area contributed by atoms with Crippen LogP contribution in [0.3, 0.4) is 0 Å². The van der Waals surface area contributed by atoms with Crippen molar-refractivity contribution in [3.8, 4) is 18.1 Å². The normalized spacial score (nSPS) is 24.3. The first kappa shape index (κ1) is 55.8. The van der Waals surface area contributed by atoms with Gasteiger partial charge in [0.25, 0.3) is 0 Å². The SMILES string of the molecule is C=CC(=O)N1CCN(c2nc(OC[C@@H]3CCCN3Cc3cccc4c3CCCN4[C@@H]3CCc4c(nc(N5CC[C@@H](OC)C5)nc4N4CCN(C(=O)C=C)[C@@H](CC#N)C4)C3)nc3c2CC[C@H](N2C(=O)CCc4ccc(F)cc42)C3)C[C@@H]1CC#N. The molecule has 6 atom stereocenters. The summed E-state index contributed by atoms with van der Waals surface area (Å²) >= 11 is 0. The van der Waals surface area contributed by atoms with Gasteiger partial charge in [0.05, 0.1) is 60.2 Å². The topological polar surface area (TPSA) is 195 Å². The monoisotopic (exact) mass is 1130 g/mol. The van der Waals surface area contributed by atoms with Crippen molar-refractivity contribution >= 4 is 46.7 Å². The van der Waals surface area contributed by atoms with Gasteiger partial charge in [0.2, 0.25) is 23.7 Å². The number of amides is 3. The highest BCUT2D eigenvalue weighted by Gasteiger charge is 2.40. The van der Waals surface area contributed by atoms with Crippen LogP contribution in [0.1, 0.15) is 97.0 Å². The van der Waals surface area contributed by atoms with E-state index in [-0.39, 0.29) is 78.7 Å². The van der Waals surface area contributed by atoms with Crippen molar-refractivity contribution in [3.63, 3.8) is 0 Å². The molecule has 83 heavy (non-hydrogen) atoms. The van der Waals surface area contributed by atoms with Gasteiger partial charge < -0.3 is 43.8 Å². The Morgan fingerprint density at radius 2 is 1.40 bits per heavy atom. The molecule has 4 saturated heterocycles. The number of halogens is 1. The number of nitrogens with zero attached hydrogens (tertiary/aromatic N) is 14. The number of hydrogen-bond donors (Lipinski definition) is 0. The second-order valence-electron chi connectivity index (χ2n) is 23.6. The second kappa shape index (κ2) is 24.3. The maximum atomic E-state index is 14.8. The van der Waals surface area contributed by atoms with Gasteiger partial charge in [0.15, 0.2) is 0 Å². The van der Waals surface area contributed by atoms with Gasteiger partial charge in [0, 0.05) is 127 Å². The highest BCUT2D eigenvalue weighted by Crippen LogP contribution is 2.41. The van der Waals surface area contributed by atoms with Crippen LogP contribution < -0.4 is 29.2 Å². The molecule has 12 rings (SSSR count). The average molecular weight is 1130 g/mol. The largest absolute Gasteiger partial charge is 0.462 e. The minimum absolute atomic E-state index is 0.0189.